The summed E-state index contributed by atoms with van der Waals surface area (Å²) in [5.41, 5.74) is 5.93. The Balaban J connectivity index is 1.75. The maximum Gasteiger partial charge on any atom is 0.337 e. The number of hydrogen-bond acceptors (Lipinski definition) is 5. The molecule has 37 heavy (non-hydrogen) atoms. The standard InChI is InChI=1S/C29H27ClN2O4S/c1-15-12-20-26(37-27(31-20)17-8-11-21-18(13-17)14-22(33)32(21)5)24(16-6-9-19(30)10-7-16)23(15)25(28(34)35)36-29(2,3)4/h6-13,25H,14H2,1-5H3,(H,34,35). The van der Waals surface area contributed by atoms with Gasteiger partial charge in [-0.15, -0.1) is 11.3 Å². The number of hydrogen-bond donors (Lipinski definition) is 1. The number of halogens is 1. The number of aromatic nitrogens is 1. The molecule has 1 aromatic heterocycles. The maximum absolute atomic E-state index is 12.5. The molecule has 2 heterocycles. The van der Waals surface area contributed by atoms with Crippen LogP contribution in [0.4, 0.5) is 5.69 Å². The van der Waals surface area contributed by atoms with Crippen LogP contribution in [0.1, 0.15) is 43.6 Å². The van der Waals surface area contributed by atoms with Crippen LogP contribution in [0.2, 0.25) is 5.02 Å². The molecule has 5 rings (SSSR count). The molecule has 0 spiro atoms. The van der Waals surface area contributed by atoms with E-state index in [9.17, 15) is 14.7 Å². The number of carboxylic acid groups (broad SMARTS) is 1. The van der Waals surface area contributed by atoms with Gasteiger partial charge in [0.15, 0.2) is 6.10 Å². The summed E-state index contributed by atoms with van der Waals surface area (Å²) in [6.45, 7) is 7.44. The number of carbonyl (C=O) groups excluding carboxylic acids is 1. The van der Waals surface area contributed by atoms with Crippen molar-refractivity contribution in [2.75, 3.05) is 11.9 Å². The Morgan fingerprint density at radius 1 is 1.14 bits per heavy atom. The lowest BCUT2D eigenvalue weighted by molar-refractivity contribution is -0.160. The van der Waals surface area contributed by atoms with Crippen LogP contribution >= 0.6 is 22.9 Å². The summed E-state index contributed by atoms with van der Waals surface area (Å²) in [6.07, 6.45) is -0.795. The van der Waals surface area contributed by atoms with Gasteiger partial charge in [-0.05, 0) is 80.8 Å². The molecule has 3 aromatic carbocycles. The fourth-order valence-electron chi connectivity index (χ4n) is 4.77. The van der Waals surface area contributed by atoms with E-state index in [0.29, 0.717) is 17.0 Å². The van der Waals surface area contributed by atoms with E-state index < -0.39 is 17.7 Å². The number of aliphatic carboxylic acids is 1. The van der Waals surface area contributed by atoms with Crippen LogP contribution in [-0.2, 0) is 20.7 Å². The minimum absolute atomic E-state index is 0.0697. The molecule has 1 aliphatic heterocycles. The number of fused-ring (bicyclic) bond motifs is 2. The zero-order valence-corrected chi connectivity index (χ0v) is 22.8. The van der Waals surface area contributed by atoms with Crippen molar-refractivity contribution in [3.8, 4) is 21.7 Å². The average molecular weight is 535 g/mol. The van der Waals surface area contributed by atoms with Crippen molar-refractivity contribution in [3.63, 3.8) is 0 Å². The normalized spacial score (nSPS) is 14.3. The zero-order valence-electron chi connectivity index (χ0n) is 21.3. The molecule has 6 nitrogen and oxygen atoms in total. The van der Waals surface area contributed by atoms with E-state index in [1.165, 1.54) is 11.3 Å². The van der Waals surface area contributed by atoms with Gasteiger partial charge in [-0.3, -0.25) is 4.79 Å². The Hall–Kier alpha value is -3.26. The molecular weight excluding hydrogens is 508 g/mol. The first-order valence-corrected chi connectivity index (χ1v) is 13.1. The molecule has 0 saturated heterocycles. The molecule has 0 fully saturated rings. The molecule has 8 heteroatoms. The van der Waals surface area contributed by atoms with E-state index in [-0.39, 0.29) is 5.91 Å². The van der Waals surface area contributed by atoms with Gasteiger partial charge >= 0.3 is 5.97 Å². The molecule has 190 valence electrons. The van der Waals surface area contributed by atoms with E-state index in [0.717, 1.165) is 48.7 Å². The van der Waals surface area contributed by atoms with Crippen molar-refractivity contribution in [3.05, 3.63) is 70.2 Å². The van der Waals surface area contributed by atoms with Gasteiger partial charge in [0, 0.05) is 34.4 Å². The first kappa shape index (κ1) is 25.4. The third-order valence-corrected chi connectivity index (χ3v) is 7.81. The van der Waals surface area contributed by atoms with Crippen molar-refractivity contribution < 1.29 is 19.4 Å². The molecule has 1 amide bonds. The Morgan fingerprint density at radius 3 is 2.46 bits per heavy atom. The highest BCUT2D eigenvalue weighted by Gasteiger charge is 2.32. The second-order valence-corrected chi connectivity index (χ2v) is 11.7. The lowest BCUT2D eigenvalue weighted by Crippen LogP contribution is -2.28. The third kappa shape index (κ3) is 4.75. The molecule has 0 bridgehead atoms. The summed E-state index contributed by atoms with van der Waals surface area (Å²) in [5, 5.41) is 11.6. The highest BCUT2D eigenvalue weighted by Crippen LogP contribution is 2.45. The number of thiazole rings is 1. The number of anilines is 1. The monoisotopic (exact) mass is 534 g/mol. The number of likely N-dealkylation sites (N-methyl/N-ethyl adjacent to an activating group) is 1. The Morgan fingerprint density at radius 2 is 1.81 bits per heavy atom. The van der Waals surface area contributed by atoms with Crippen molar-refractivity contribution in [1.29, 1.82) is 0 Å². The second-order valence-electron chi connectivity index (χ2n) is 10.3. The zero-order chi connectivity index (χ0) is 26.6. The minimum Gasteiger partial charge on any atom is -0.479 e. The quantitative estimate of drug-likeness (QED) is 0.297. The molecule has 4 aromatic rings. The summed E-state index contributed by atoms with van der Waals surface area (Å²) in [5.74, 6) is -0.981. The van der Waals surface area contributed by atoms with Crippen LogP contribution < -0.4 is 4.90 Å². The van der Waals surface area contributed by atoms with Gasteiger partial charge in [0.2, 0.25) is 5.91 Å². The van der Waals surface area contributed by atoms with Crippen LogP contribution in [0.3, 0.4) is 0 Å². The number of carbonyl (C=O) groups is 2. The first-order valence-electron chi connectivity index (χ1n) is 11.9. The fourth-order valence-corrected chi connectivity index (χ4v) is 6.01. The molecule has 0 saturated carbocycles. The van der Waals surface area contributed by atoms with E-state index in [1.54, 1.807) is 24.1 Å². The van der Waals surface area contributed by atoms with Gasteiger partial charge in [-0.25, -0.2) is 9.78 Å². The largest absolute Gasteiger partial charge is 0.479 e. The molecule has 1 atom stereocenters. The van der Waals surface area contributed by atoms with E-state index in [4.69, 9.17) is 21.3 Å². The highest BCUT2D eigenvalue weighted by molar-refractivity contribution is 7.22. The summed E-state index contributed by atoms with van der Waals surface area (Å²) >= 11 is 7.69. The van der Waals surface area contributed by atoms with E-state index in [2.05, 4.69) is 0 Å². The van der Waals surface area contributed by atoms with Crippen LogP contribution in [0.5, 0.6) is 0 Å². The van der Waals surface area contributed by atoms with Gasteiger partial charge in [0.25, 0.3) is 0 Å². The van der Waals surface area contributed by atoms with Crippen LogP contribution in [-0.4, -0.2) is 34.6 Å². The van der Waals surface area contributed by atoms with Gasteiger partial charge in [0.05, 0.1) is 22.2 Å². The number of rotatable bonds is 5. The van der Waals surface area contributed by atoms with E-state index >= 15 is 0 Å². The number of ether oxygens (including phenoxy) is 1. The highest BCUT2D eigenvalue weighted by atomic mass is 35.5. The topological polar surface area (TPSA) is 79.7 Å². The summed E-state index contributed by atoms with van der Waals surface area (Å²) in [7, 11) is 1.78. The number of carboxylic acids is 1. The molecule has 1 aliphatic rings. The SMILES string of the molecule is Cc1cc2nc(-c3ccc4c(c3)CC(=O)N4C)sc2c(-c2ccc(Cl)cc2)c1C(OC(C)(C)C)C(=O)O. The molecule has 0 aliphatic carbocycles. The van der Waals surface area contributed by atoms with Crippen LogP contribution in [0, 0.1) is 6.92 Å². The minimum atomic E-state index is -1.16. The number of benzene rings is 3. The number of nitrogens with zero attached hydrogens (tertiary/aromatic N) is 2. The third-order valence-electron chi connectivity index (χ3n) is 6.42. The summed E-state index contributed by atoms with van der Waals surface area (Å²) < 4.78 is 6.96. The van der Waals surface area contributed by atoms with E-state index in [1.807, 2.05) is 64.1 Å². The summed E-state index contributed by atoms with van der Waals surface area (Å²) in [6, 6.07) is 15.3. The van der Waals surface area contributed by atoms with Gasteiger partial charge < -0.3 is 14.7 Å². The number of amides is 1. The van der Waals surface area contributed by atoms with Crippen molar-refractivity contribution >= 4 is 50.7 Å². The van der Waals surface area contributed by atoms with Crippen LogP contribution in [0.25, 0.3) is 31.9 Å². The van der Waals surface area contributed by atoms with Crippen molar-refractivity contribution in [2.45, 2.75) is 45.8 Å². The Labute approximate surface area is 224 Å². The lowest BCUT2D eigenvalue weighted by Gasteiger charge is -2.28. The Kier molecular flexibility index (Phi) is 6.34. The maximum atomic E-state index is 12.5. The predicted octanol–water partition coefficient (Wildman–Crippen LogP) is 7.05. The molecule has 1 unspecified atom stereocenters. The Bertz CT molecular complexity index is 1550. The summed E-state index contributed by atoms with van der Waals surface area (Å²) in [4.78, 5) is 31.3. The molecular formula is C29H27ClN2O4S. The molecule has 0 radical (unpaired) electrons. The number of aryl methyl sites for hydroxylation is 1. The predicted molar refractivity (Wildman–Crippen MR) is 149 cm³/mol. The van der Waals surface area contributed by atoms with Crippen molar-refractivity contribution in [2.24, 2.45) is 0 Å². The fraction of sp³-hybridized carbons (Fsp3) is 0.276. The van der Waals surface area contributed by atoms with Gasteiger partial charge in [-0.1, -0.05) is 23.7 Å². The first-order chi connectivity index (χ1) is 17.4. The van der Waals surface area contributed by atoms with Crippen LogP contribution in [0.15, 0.2) is 48.5 Å². The molecule has 1 N–H and O–H groups in total. The average Bonchev–Trinajstić information content (AvgIpc) is 3.36. The lowest BCUT2D eigenvalue weighted by atomic mass is 9.91. The van der Waals surface area contributed by atoms with Crippen molar-refractivity contribution in [1.82, 2.24) is 4.98 Å². The smallest absolute Gasteiger partial charge is 0.337 e. The van der Waals surface area contributed by atoms with Gasteiger partial charge in [0.1, 0.15) is 5.01 Å². The second kappa shape index (κ2) is 9.24. The van der Waals surface area contributed by atoms with Gasteiger partial charge in [-0.2, -0.15) is 0 Å².